The van der Waals surface area contributed by atoms with Gasteiger partial charge in [-0.1, -0.05) is 18.2 Å². The Labute approximate surface area is 203 Å². The summed E-state index contributed by atoms with van der Waals surface area (Å²) in [5.74, 6) is 1.28. The number of piperazine rings is 1. The first-order chi connectivity index (χ1) is 17.1. The zero-order valence-corrected chi connectivity index (χ0v) is 19.9. The van der Waals surface area contributed by atoms with Crippen LogP contribution in [0.3, 0.4) is 0 Å². The Balaban J connectivity index is 1.43. The second-order valence-corrected chi connectivity index (χ2v) is 8.59. The summed E-state index contributed by atoms with van der Waals surface area (Å²) in [5, 5.41) is 11.4. The molecule has 0 radical (unpaired) electrons. The van der Waals surface area contributed by atoms with Crippen LogP contribution in [0.2, 0.25) is 0 Å². The Morgan fingerprint density at radius 3 is 2.37 bits per heavy atom. The highest BCUT2D eigenvalue weighted by Crippen LogP contribution is 2.35. The van der Waals surface area contributed by atoms with Gasteiger partial charge in [0.15, 0.2) is 0 Å². The number of benzene rings is 3. The third kappa shape index (κ3) is 4.55. The Bertz CT molecular complexity index is 1390. The number of phenolic OH excluding ortho intramolecular Hbond substituents is 1. The molecule has 7 nitrogen and oxygen atoms in total. The summed E-state index contributed by atoms with van der Waals surface area (Å²) < 4.78 is 16.6. The maximum absolute atomic E-state index is 13.1. The number of methoxy groups -OCH3 is 2. The van der Waals surface area contributed by atoms with Gasteiger partial charge in [-0.2, -0.15) is 0 Å². The number of anilines is 1. The van der Waals surface area contributed by atoms with E-state index in [4.69, 9.17) is 13.9 Å². The molecule has 3 aromatic carbocycles. The predicted octanol–water partition coefficient (Wildman–Crippen LogP) is 4.51. The zero-order valence-electron chi connectivity index (χ0n) is 19.9. The van der Waals surface area contributed by atoms with Crippen LogP contribution >= 0.6 is 0 Å². The SMILES string of the molecule is COc1ccc(-c2cc3ccc(O)c(CN4CCN(c5ccccc5)CC4)c3oc2=O)c(OC)c1. The number of fused-ring (bicyclic) bond motifs is 1. The van der Waals surface area contributed by atoms with Crippen molar-refractivity contribution in [3.63, 3.8) is 0 Å². The largest absolute Gasteiger partial charge is 0.507 e. The van der Waals surface area contributed by atoms with Crippen LogP contribution in [0.4, 0.5) is 5.69 Å². The fraction of sp³-hybridized carbons (Fsp3) is 0.250. The lowest BCUT2D eigenvalue weighted by molar-refractivity contribution is 0.246. The first kappa shape index (κ1) is 22.8. The highest BCUT2D eigenvalue weighted by Gasteiger charge is 2.21. The molecule has 0 spiro atoms. The fourth-order valence-corrected chi connectivity index (χ4v) is 4.62. The molecule has 7 heteroatoms. The van der Waals surface area contributed by atoms with Gasteiger partial charge in [0, 0.05) is 55.4 Å². The lowest BCUT2D eigenvalue weighted by atomic mass is 10.0. The van der Waals surface area contributed by atoms with Crippen molar-refractivity contribution in [1.29, 1.82) is 0 Å². The van der Waals surface area contributed by atoms with Crippen LogP contribution in [0, 0.1) is 0 Å². The molecule has 4 aromatic rings. The van der Waals surface area contributed by atoms with E-state index in [1.807, 2.05) is 18.2 Å². The normalized spacial score (nSPS) is 14.3. The van der Waals surface area contributed by atoms with Gasteiger partial charge in [0.25, 0.3) is 0 Å². The fourth-order valence-electron chi connectivity index (χ4n) is 4.62. The summed E-state index contributed by atoms with van der Waals surface area (Å²) >= 11 is 0. The summed E-state index contributed by atoms with van der Waals surface area (Å²) in [5.41, 5.74) is 2.79. The molecule has 5 rings (SSSR count). The van der Waals surface area contributed by atoms with Gasteiger partial charge in [0.2, 0.25) is 0 Å². The van der Waals surface area contributed by atoms with Crippen LogP contribution in [0.1, 0.15) is 5.56 Å². The monoisotopic (exact) mass is 472 g/mol. The minimum atomic E-state index is -0.485. The first-order valence-electron chi connectivity index (χ1n) is 11.6. The number of nitrogens with zero attached hydrogens (tertiary/aromatic N) is 2. The molecule has 0 amide bonds. The number of para-hydroxylation sites is 1. The van der Waals surface area contributed by atoms with Crippen LogP contribution in [0.5, 0.6) is 17.2 Å². The van der Waals surface area contributed by atoms with Crippen LogP contribution < -0.4 is 20.0 Å². The van der Waals surface area contributed by atoms with Crippen molar-refractivity contribution in [2.75, 3.05) is 45.3 Å². The molecule has 1 saturated heterocycles. The number of phenols is 1. The van der Waals surface area contributed by atoms with Gasteiger partial charge in [0.05, 0.1) is 25.3 Å². The molecule has 2 heterocycles. The van der Waals surface area contributed by atoms with Crippen molar-refractivity contribution >= 4 is 16.7 Å². The van der Waals surface area contributed by atoms with Gasteiger partial charge < -0.3 is 23.9 Å². The second-order valence-electron chi connectivity index (χ2n) is 8.59. The lowest BCUT2D eigenvalue weighted by Crippen LogP contribution is -2.46. The minimum absolute atomic E-state index is 0.126. The van der Waals surface area contributed by atoms with Gasteiger partial charge >= 0.3 is 5.63 Å². The van der Waals surface area contributed by atoms with E-state index in [0.29, 0.717) is 40.3 Å². The smallest absolute Gasteiger partial charge is 0.344 e. The molecule has 1 N–H and O–H groups in total. The van der Waals surface area contributed by atoms with E-state index >= 15 is 0 Å². The second kappa shape index (κ2) is 9.72. The quantitative estimate of drug-likeness (QED) is 0.414. The van der Waals surface area contributed by atoms with Gasteiger partial charge in [-0.3, -0.25) is 4.90 Å². The number of hydrogen-bond acceptors (Lipinski definition) is 7. The highest BCUT2D eigenvalue weighted by atomic mass is 16.5. The maximum Gasteiger partial charge on any atom is 0.344 e. The Kier molecular flexibility index (Phi) is 6.33. The van der Waals surface area contributed by atoms with E-state index in [9.17, 15) is 9.90 Å². The van der Waals surface area contributed by atoms with E-state index in [1.54, 1.807) is 50.6 Å². The summed E-state index contributed by atoms with van der Waals surface area (Å²) in [4.78, 5) is 17.7. The minimum Gasteiger partial charge on any atom is -0.507 e. The molecular weight excluding hydrogens is 444 g/mol. The molecule has 0 bridgehead atoms. The van der Waals surface area contributed by atoms with E-state index < -0.39 is 5.63 Å². The van der Waals surface area contributed by atoms with Crippen LogP contribution in [0.25, 0.3) is 22.1 Å². The van der Waals surface area contributed by atoms with Crippen molar-refractivity contribution in [3.05, 3.63) is 82.7 Å². The maximum atomic E-state index is 13.1. The molecule has 1 aliphatic rings. The first-order valence-corrected chi connectivity index (χ1v) is 11.6. The molecule has 0 atom stereocenters. The molecule has 1 aliphatic heterocycles. The topological polar surface area (TPSA) is 75.4 Å². The summed E-state index contributed by atoms with van der Waals surface area (Å²) in [6, 6.07) is 20.9. The molecule has 180 valence electrons. The zero-order chi connectivity index (χ0) is 24.4. The van der Waals surface area contributed by atoms with Crippen molar-refractivity contribution in [2.24, 2.45) is 0 Å². The van der Waals surface area contributed by atoms with E-state index in [0.717, 1.165) is 31.6 Å². The van der Waals surface area contributed by atoms with Crippen molar-refractivity contribution in [3.8, 4) is 28.4 Å². The number of aromatic hydroxyl groups is 1. The summed E-state index contributed by atoms with van der Waals surface area (Å²) in [6.07, 6.45) is 0. The van der Waals surface area contributed by atoms with Gasteiger partial charge in [-0.05, 0) is 42.5 Å². The molecule has 1 aromatic heterocycles. The van der Waals surface area contributed by atoms with Crippen LogP contribution in [-0.2, 0) is 6.54 Å². The number of rotatable bonds is 6. The van der Waals surface area contributed by atoms with Crippen molar-refractivity contribution in [1.82, 2.24) is 4.90 Å². The predicted molar refractivity (Wildman–Crippen MR) is 137 cm³/mol. The van der Waals surface area contributed by atoms with Gasteiger partial charge in [0.1, 0.15) is 22.8 Å². The number of ether oxygens (including phenoxy) is 2. The Morgan fingerprint density at radius 1 is 0.886 bits per heavy atom. The standard InChI is InChI=1S/C28H28N2O5/c1-33-21-9-10-22(26(17-21)34-2)23-16-19-8-11-25(31)24(27(19)35-28(23)32)18-29-12-14-30(15-13-29)20-6-4-3-5-7-20/h3-11,16-17,31H,12-15,18H2,1-2H3. The Hall–Kier alpha value is -3.97. The third-order valence-electron chi connectivity index (χ3n) is 6.55. The van der Waals surface area contributed by atoms with E-state index in [1.165, 1.54) is 5.69 Å². The van der Waals surface area contributed by atoms with Crippen LogP contribution in [-0.4, -0.2) is 50.4 Å². The molecule has 0 unspecified atom stereocenters. The van der Waals surface area contributed by atoms with Crippen molar-refractivity contribution < 1.29 is 19.0 Å². The summed E-state index contributed by atoms with van der Waals surface area (Å²) in [6.45, 7) is 3.97. The van der Waals surface area contributed by atoms with Crippen molar-refractivity contribution in [2.45, 2.75) is 6.54 Å². The molecule has 0 aliphatic carbocycles. The van der Waals surface area contributed by atoms with Gasteiger partial charge in [-0.25, -0.2) is 4.79 Å². The average Bonchev–Trinajstić information content (AvgIpc) is 2.91. The molecule has 0 saturated carbocycles. The van der Waals surface area contributed by atoms with E-state index in [-0.39, 0.29) is 5.75 Å². The van der Waals surface area contributed by atoms with Gasteiger partial charge in [-0.15, -0.1) is 0 Å². The molecule has 35 heavy (non-hydrogen) atoms. The highest BCUT2D eigenvalue weighted by molar-refractivity contribution is 5.86. The average molecular weight is 473 g/mol. The number of hydrogen-bond donors (Lipinski definition) is 1. The molecular formula is C28H28N2O5. The Morgan fingerprint density at radius 2 is 1.66 bits per heavy atom. The third-order valence-corrected chi connectivity index (χ3v) is 6.55. The van der Waals surface area contributed by atoms with E-state index in [2.05, 4.69) is 21.9 Å². The van der Waals surface area contributed by atoms with Crippen LogP contribution in [0.15, 0.2) is 75.9 Å². The molecule has 1 fully saturated rings. The summed E-state index contributed by atoms with van der Waals surface area (Å²) in [7, 11) is 3.13. The lowest BCUT2D eigenvalue weighted by Gasteiger charge is -2.36.